The number of fused-ring (bicyclic) bond motifs is 1. The van der Waals surface area contributed by atoms with Crippen molar-refractivity contribution in [1.82, 2.24) is 4.98 Å². The van der Waals surface area contributed by atoms with E-state index in [1.165, 1.54) is 11.8 Å². The normalized spacial score (nSPS) is 11.7. The highest BCUT2D eigenvalue weighted by Crippen LogP contribution is 2.34. The summed E-state index contributed by atoms with van der Waals surface area (Å²) in [4.78, 5) is 5.07. The van der Waals surface area contributed by atoms with Gasteiger partial charge in [-0.25, -0.2) is 4.98 Å². The predicted molar refractivity (Wildman–Crippen MR) is 90.5 cm³/mol. The van der Waals surface area contributed by atoms with E-state index in [2.05, 4.69) is 33.6 Å². The maximum absolute atomic E-state index is 9.22. The zero-order valence-electron chi connectivity index (χ0n) is 10.0. The van der Waals surface area contributed by atoms with Gasteiger partial charge in [-0.2, -0.15) is 5.26 Å². The van der Waals surface area contributed by atoms with Gasteiger partial charge in [-0.1, -0.05) is 12.1 Å². The Morgan fingerprint density at radius 1 is 1.35 bits per heavy atom. The van der Waals surface area contributed by atoms with E-state index in [4.69, 9.17) is 4.42 Å². The van der Waals surface area contributed by atoms with E-state index in [1.807, 2.05) is 36.4 Å². The van der Waals surface area contributed by atoms with E-state index in [0.717, 1.165) is 18.3 Å². The molecule has 0 amide bonds. The van der Waals surface area contributed by atoms with Crippen LogP contribution in [0.4, 0.5) is 0 Å². The summed E-state index contributed by atoms with van der Waals surface area (Å²) in [5.41, 5.74) is 0.963. The van der Waals surface area contributed by atoms with Crippen LogP contribution >= 0.6 is 45.7 Å². The number of benzene rings is 1. The van der Waals surface area contributed by atoms with Crippen LogP contribution in [0, 0.1) is 15.1 Å². The maximum atomic E-state index is 9.22. The van der Waals surface area contributed by atoms with Gasteiger partial charge in [0.05, 0.1) is 15.1 Å². The minimum absolute atomic E-state index is 0.565. The van der Waals surface area contributed by atoms with Gasteiger partial charge < -0.3 is 4.42 Å². The van der Waals surface area contributed by atoms with Gasteiger partial charge in [-0.15, -0.1) is 11.3 Å². The first-order valence-corrected chi connectivity index (χ1v) is 8.36. The first-order chi connectivity index (χ1) is 9.74. The van der Waals surface area contributed by atoms with Gasteiger partial charge in [-0.3, -0.25) is 0 Å². The monoisotopic (exact) mass is 410 g/mol. The van der Waals surface area contributed by atoms with Crippen molar-refractivity contribution in [2.75, 3.05) is 0 Å². The van der Waals surface area contributed by atoms with E-state index in [-0.39, 0.29) is 0 Å². The molecule has 3 nitrogen and oxygen atoms in total. The average molecular weight is 410 g/mol. The van der Waals surface area contributed by atoms with Crippen LogP contribution in [-0.4, -0.2) is 4.98 Å². The number of furan rings is 1. The Labute approximate surface area is 137 Å². The molecule has 1 aromatic carbocycles. The second-order valence-electron chi connectivity index (χ2n) is 3.81. The highest BCUT2D eigenvalue weighted by atomic mass is 127. The van der Waals surface area contributed by atoms with Crippen LogP contribution in [0.5, 0.6) is 0 Å². The third-order valence-corrected chi connectivity index (χ3v) is 5.05. The van der Waals surface area contributed by atoms with Crippen LogP contribution in [0.2, 0.25) is 0 Å². The Hall–Kier alpha value is -1.30. The first-order valence-electron chi connectivity index (χ1n) is 5.65. The quantitative estimate of drug-likeness (QED) is 0.341. The molecule has 2 heterocycles. The number of aromatic nitrogens is 1. The van der Waals surface area contributed by atoms with E-state index in [9.17, 15) is 5.26 Å². The molecule has 0 aliphatic carbocycles. The average Bonchev–Trinajstić information content (AvgIpc) is 3.03. The van der Waals surface area contributed by atoms with Crippen molar-refractivity contribution >= 4 is 62.0 Å². The van der Waals surface area contributed by atoms with E-state index in [1.54, 1.807) is 17.4 Å². The predicted octanol–water partition coefficient (Wildman–Crippen LogP) is 5.15. The molecule has 0 aliphatic rings. The highest BCUT2D eigenvalue weighted by molar-refractivity contribution is 14.1. The Kier molecular flexibility index (Phi) is 4.10. The summed E-state index contributed by atoms with van der Waals surface area (Å²) in [6.07, 6.45) is 1.74. The molecule has 2 aromatic heterocycles. The molecular weight excluding hydrogens is 403 g/mol. The molecule has 0 atom stereocenters. The van der Waals surface area contributed by atoms with Crippen molar-refractivity contribution in [3.05, 3.63) is 50.8 Å². The lowest BCUT2D eigenvalue weighted by molar-refractivity contribution is 0.528. The number of nitrogens with zero attached hydrogens (tertiary/aromatic N) is 2. The summed E-state index contributed by atoms with van der Waals surface area (Å²) in [7, 11) is 0. The smallest absolute Gasteiger partial charge is 0.164 e. The fraction of sp³-hybridized carbons (Fsp3) is 0. The summed E-state index contributed by atoms with van der Waals surface area (Å²) in [6, 6.07) is 13.8. The SMILES string of the molecule is N#CC(=Cc1ccc(I)o1)Sc1nc2ccccc2s1. The van der Waals surface area contributed by atoms with Gasteiger partial charge in [0.15, 0.2) is 8.11 Å². The second kappa shape index (κ2) is 5.99. The molecule has 3 aromatic rings. The standard InChI is InChI=1S/C14H7IN2OS2/c15-13-6-5-9(18-13)7-10(8-16)19-14-17-11-3-1-2-4-12(11)20-14/h1-7H. The molecule has 0 spiro atoms. The number of thiazole rings is 1. The number of thioether (sulfide) groups is 1. The summed E-state index contributed by atoms with van der Waals surface area (Å²) >= 11 is 5.04. The van der Waals surface area contributed by atoms with Crippen LogP contribution in [0.3, 0.4) is 0 Å². The zero-order valence-corrected chi connectivity index (χ0v) is 13.8. The minimum Gasteiger partial charge on any atom is -0.451 e. The first kappa shape index (κ1) is 13.7. The molecule has 3 rings (SSSR count). The molecule has 0 bridgehead atoms. The maximum Gasteiger partial charge on any atom is 0.164 e. The summed E-state index contributed by atoms with van der Waals surface area (Å²) in [5.74, 6) is 0.680. The van der Waals surface area contributed by atoms with E-state index < -0.39 is 0 Å². The number of halogens is 1. The van der Waals surface area contributed by atoms with Gasteiger partial charge >= 0.3 is 0 Å². The number of para-hydroxylation sites is 1. The molecule has 98 valence electrons. The molecule has 0 saturated heterocycles. The number of hydrogen-bond donors (Lipinski definition) is 0. The fourth-order valence-corrected chi connectivity index (χ4v) is 4.00. The largest absolute Gasteiger partial charge is 0.451 e. The molecule has 20 heavy (non-hydrogen) atoms. The molecule has 0 fully saturated rings. The Balaban J connectivity index is 1.88. The zero-order chi connectivity index (χ0) is 13.9. The van der Waals surface area contributed by atoms with E-state index in [0.29, 0.717) is 10.7 Å². The lowest BCUT2D eigenvalue weighted by Crippen LogP contribution is -1.73. The molecule has 0 unspecified atom stereocenters. The highest BCUT2D eigenvalue weighted by Gasteiger charge is 2.08. The number of nitriles is 1. The van der Waals surface area contributed by atoms with Crippen molar-refractivity contribution < 1.29 is 4.42 Å². The van der Waals surface area contributed by atoms with Crippen LogP contribution < -0.4 is 0 Å². The van der Waals surface area contributed by atoms with Crippen LogP contribution in [0.25, 0.3) is 16.3 Å². The third kappa shape index (κ3) is 3.06. The van der Waals surface area contributed by atoms with Gasteiger partial charge in [0.25, 0.3) is 0 Å². The van der Waals surface area contributed by atoms with Gasteiger partial charge in [0, 0.05) is 6.08 Å². The van der Waals surface area contributed by atoms with Gasteiger partial charge in [-0.05, 0) is 58.6 Å². The van der Waals surface area contributed by atoms with Crippen LogP contribution in [-0.2, 0) is 0 Å². The number of hydrogen-bond acceptors (Lipinski definition) is 5. The lowest BCUT2D eigenvalue weighted by Gasteiger charge is -1.92. The van der Waals surface area contributed by atoms with E-state index >= 15 is 0 Å². The Morgan fingerprint density at radius 2 is 2.20 bits per heavy atom. The third-order valence-electron chi connectivity index (χ3n) is 2.45. The summed E-state index contributed by atoms with van der Waals surface area (Å²) < 4.78 is 8.23. The molecule has 0 aliphatic heterocycles. The number of rotatable bonds is 3. The fourth-order valence-electron chi connectivity index (χ4n) is 1.61. The summed E-state index contributed by atoms with van der Waals surface area (Å²) in [6.45, 7) is 0. The molecule has 0 radical (unpaired) electrons. The lowest BCUT2D eigenvalue weighted by atomic mass is 10.3. The molecule has 6 heteroatoms. The van der Waals surface area contributed by atoms with Crippen LogP contribution in [0.1, 0.15) is 5.76 Å². The number of allylic oxidation sites excluding steroid dienone is 1. The van der Waals surface area contributed by atoms with Crippen molar-refractivity contribution in [3.63, 3.8) is 0 Å². The van der Waals surface area contributed by atoms with Gasteiger partial charge in [0.1, 0.15) is 11.8 Å². The van der Waals surface area contributed by atoms with Crippen molar-refractivity contribution in [2.45, 2.75) is 4.34 Å². The minimum atomic E-state index is 0.565. The molecular formula is C14H7IN2OS2. The Morgan fingerprint density at radius 3 is 2.90 bits per heavy atom. The Bertz CT molecular complexity index is 796. The summed E-state index contributed by atoms with van der Waals surface area (Å²) in [5, 5.41) is 9.22. The van der Waals surface area contributed by atoms with Crippen molar-refractivity contribution in [2.24, 2.45) is 0 Å². The van der Waals surface area contributed by atoms with Crippen molar-refractivity contribution in [1.29, 1.82) is 5.26 Å². The second-order valence-corrected chi connectivity index (χ2v) is 7.19. The van der Waals surface area contributed by atoms with Crippen LogP contribution in [0.15, 0.2) is 50.1 Å². The molecule has 0 saturated carbocycles. The van der Waals surface area contributed by atoms with Crippen molar-refractivity contribution in [3.8, 4) is 6.07 Å². The molecule has 0 N–H and O–H groups in total. The van der Waals surface area contributed by atoms with Gasteiger partial charge in [0.2, 0.25) is 0 Å². The topological polar surface area (TPSA) is 49.8 Å².